The minimum Gasteiger partial charge on any atom is -0.493 e. The lowest BCUT2D eigenvalue weighted by atomic mass is 10.1. The van der Waals surface area contributed by atoms with E-state index in [0.717, 1.165) is 5.04 Å². The molecule has 2 aliphatic heterocycles. The monoisotopic (exact) mass is 509 g/mol. The van der Waals surface area contributed by atoms with Crippen molar-refractivity contribution >= 4 is 45.5 Å². The third kappa shape index (κ3) is 5.23. The van der Waals surface area contributed by atoms with Crippen molar-refractivity contribution in [1.29, 1.82) is 5.41 Å². The number of thioether (sulfide) groups is 1. The summed E-state index contributed by atoms with van der Waals surface area (Å²) in [5, 5.41) is 26.6. The van der Waals surface area contributed by atoms with Gasteiger partial charge in [-0.3, -0.25) is 20.3 Å². The van der Waals surface area contributed by atoms with E-state index in [1.54, 1.807) is 19.2 Å². The second-order valence-electron chi connectivity index (χ2n) is 7.94. The van der Waals surface area contributed by atoms with Crippen molar-refractivity contribution in [3.05, 3.63) is 63.7 Å². The summed E-state index contributed by atoms with van der Waals surface area (Å²) in [6, 6.07) is 11.2. The van der Waals surface area contributed by atoms with E-state index in [2.05, 4.69) is 10.1 Å². The zero-order chi connectivity index (χ0) is 25.8. The van der Waals surface area contributed by atoms with Crippen molar-refractivity contribution in [3.63, 3.8) is 0 Å². The Hall–Kier alpha value is -4.19. The van der Waals surface area contributed by atoms with Gasteiger partial charge in [-0.05, 0) is 36.0 Å². The molecule has 12 heteroatoms. The van der Waals surface area contributed by atoms with Gasteiger partial charge in [-0.25, -0.2) is 0 Å². The van der Waals surface area contributed by atoms with Crippen LogP contribution in [0.4, 0.5) is 5.69 Å². The van der Waals surface area contributed by atoms with E-state index in [1.165, 1.54) is 41.0 Å². The number of rotatable bonds is 9. The number of nitro benzene ring substituents is 1. The molecule has 0 aromatic heterocycles. The first-order valence-corrected chi connectivity index (χ1v) is 11.8. The first-order valence-electron chi connectivity index (χ1n) is 11.0. The molecule has 2 aromatic rings. The fraction of sp³-hybridized carbons (Fsp3) is 0.250. The third-order valence-corrected chi connectivity index (χ3v) is 6.34. The second-order valence-corrected chi connectivity index (χ2v) is 8.93. The van der Waals surface area contributed by atoms with Crippen molar-refractivity contribution in [1.82, 2.24) is 5.01 Å². The third-order valence-electron chi connectivity index (χ3n) is 5.14. The molecule has 2 aliphatic rings. The van der Waals surface area contributed by atoms with Gasteiger partial charge >= 0.3 is 0 Å². The molecule has 186 valence electrons. The summed E-state index contributed by atoms with van der Waals surface area (Å²) in [5.74, 6) is 0.731. The molecule has 0 unspecified atom stereocenters. The van der Waals surface area contributed by atoms with Crippen LogP contribution in [0.2, 0.25) is 0 Å². The zero-order valence-electron chi connectivity index (χ0n) is 19.8. The Morgan fingerprint density at radius 1 is 1.14 bits per heavy atom. The van der Waals surface area contributed by atoms with E-state index in [9.17, 15) is 14.9 Å². The number of nitrogens with one attached hydrogen (secondary N) is 1. The number of amides is 1. The van der Waals surface area contributed by atoms with E-state index < -0.39 is 10.8 Å². The normalized spacial score (nSPS) is 16.1. The molecule has 0 fully saturated rings. The zero-order valence-corrected chi connectivity index (χ0v) is 20.6. The number of ether oxygens (including phenoxy) is 3. The first kappa shape index (κ1) is 24.9. The van der Waals surface area contributed by atoms with Crippen LogP contribution in [0, 0.1) is 21.4 Å². The highest BCUT2D eigenvalue weighted by atomic mass is 32.2. The molecule has 36 heavy (non-hydrogen) atoms. The number of non-ortho nitro benzene ring substituents is 1. The first-order chi connectivity index (χ1) is 17.3. The number of hydrogen-bond acceptors (Lipinski definition) is 9. The van der Waals surface area contributed by atoms with Crippen LogP contribution in [0.5, 0.6) is 17.2 Å². The van der Waals surface area contributed by atoms with Crippen molar-refractivity contribution in [2.24, 2.45) is 16.0 Å². The number of hydrazone groups is 1. The molecular weight excluding hydrogens is 486 g/mol. The fourth-order valence-corrected chi connectivity index (χ4v) is 4.22. The van der Waals surface area contributed by atoms with Crippen LogP contribution in [0.25, 0.3) is 6.08 Å². The maximum Gasteiger partial charge on any atom is 0.283 e. The largest absolute Gasteiger partial charge is 0.493 e. The summed E-state index contributed by atoms with van der Waals surface area (Å²) in [5.41, 5.74) is 0.0205. The van der Waals surface area contributed by atoms with Crippen LogP contribution in [-0.4, -0.2) is 52.2 Å². The Bertz CT molecular complexity index is 1320. The van der Waals surface area contributed by atoms with Crippen LogP contribution >= 0.6 is 11.8 Å². The molecule has 1 amide bonds. The number of fused-ring (bicyclic) bond motifs is 1. The highest BCUT2D eigenvalue weighted by Crippen LogP contribution is 2.33. The Morgan fingerprint density at radius 3 is 2.50 bits per heavy atom. The van der Waals surface area contributed by atoms with E-state index >= 15 is 0 Å². The summed E-state index contributed by atoms with van der Waals surface area (Å²) < 4.78 is 16.8. The van der Waals surface area contributed by atoms with Crippen molar-refractivity contribution in [2.45, 2.75) is 13.8 Å². The molecule has 2 heterocycles. The lowest BCUT2D eigenvalue weighted by molar-refractivity contribution is -0.384. The number of benzene rings is 2. The van der Waals surface area contributed by atoms with Gasteiger partial charge < -0.3 is 14.2 Å². The summed E-state index contributed by atoms with van der Waals surface area (Å²) >= 11 is 1.24. The molecule has 0 saturated carbocycles. The van der Waals surface area contributed by atoms with Gasteiger partial charge in [0.1, 0.15) is 24.0 Å². The quantitative estimate of drug-likeness (QED) is 0.228. The van der Waals surface area contributed by atoms with Crippen LogP contribution in [0.1, 0.15) is 19.4 Å². The maximum atomic E-state index is 12.7. The molecule has 0 atom stereocenters. The number of methoxy groups -OCH3 is 1. The highest BCUT2D eigenvalue weighted by molar-refractivity contribution is 8.27. The minimum absolute atomic E-state index is 0.0521. The van der Waals surface area contributed by atoms with E-state index in [0.29, 0.717) is 16.7 Å². The highest BCUT2D eigenvalue weighted by Gasteiger charge is 2.36. The molecule has 2 aromatic carbocycles. The number of amidine groups is 2. The molecule has 0 saturated heterocycles. The number of aliphatic imine (C=N–C) groups is 1. The number of carbonyl (C=O) groups is 1. The van der Waals surface area contributed by atoms with Crippen molar-refractivity contribution < 1.29 is 23.9 Å². The second kappa shape index (κ2) is 10.6. The molecule has 0 spiro atoms. The van der Waals surface area contributed by atoms with Gasteiger partial charge in [0.25, 0.3) is 11.6 Å². The standard InChI is InChI=1S/C24H23N5O6S/c1-14(2)23-27-28-21(25)17(22(30)26-24(28)36-23)13-15-12-16(29(31)32)8-9-18(15)34-10-11-35-20-7-5-4-6-19(20)33-3/h4-9,12-14,25H,10-11H2,1-3H3/b17-13-,25-21?. The molecule has 11 nitrogen and oxygen atoms in total. The van der Waals surface area contributed by atoms with E-state index in [4.69, 9.17) is 19.6 Å². The Balaban J connectivity index is 1.57. The van der Waals surface area contributed by atoms with Crippen molar-refractivity contribution in [3.8, 4) is 17.2 Å². The average Bonchev–Trinajstić information content (AvgIpc) is 3.29. The van der Waals surface area contributed by atoms with Crippen LogP contribution < -0.4 is 14.2 Å². The Morgan fingerprint density at radius 2 is 1.83 bits per heavy atom. The minimum atomic E-state index is -0.629. The molecule has 0 bridgehead atoms. The van der Waals surface area contributed by atoms with E-state index in [-0.39, 0.29) is 47.5 Å². The number of para-hydroxylation sites is 2. The van der Waals surface area contributed by atoms with Gasteiger partial charge in [-0.1, -0.05) is 26.0 Å². The maximum absolute atomic E-state index is 12.7. The topological polar surface area (TPSA) is 140 Å². The van der Waals surface area contributed by atoms with Gasteiger partial charge in [0.05, 0.1) is 17.6 Å². The predicted molar refractivity (Wildman–Crippen MR) is 137 cm³/mol. The summed E-state index contributed by atoms with van der Waals surface area (Å²) in [6.07, 6.45) is 1.36. The lowest BCUT2D eigenvalue weighted by Gasteiger charge is -2.20. The predicted octanol–water partition coefficient (Wildman–Crippen LogP) is 4.34. The van der Waals surface area contributed by atoms with Gasteiger partial charge in [-0.2, -0.15) is 15.1 Å². The van der Waals surface area contributed by atoms with Gasteiger partial charge in [0.15, 0.2) is 17.3 Å². The van der Waals surface area contributed by atoms with Gasteiger partial charge in [0.2, 0.25) is 5.17 Å². The number of nitrogens with zero attached hydrogens (tertiary/aromatic N) is 4. The fourth-order valence-electron chi connectivity index (χ4n) is 3.33. The smallest absolute Gasteiger partial charge is 0.283 e. The average molecular weight is 510 g/mol. The lowest BCUT2D eigenvalue weighted by Crippen LogP contribution is -2.35. The van der Waals surface area contributed by atoms with E-state index in [1.807, 2.05) is 26.0 Å². The number of nitro groups is 1. The van der Waals surface area contributed by atoms with Gasteiger partial charge in [0, 0.05) is 23.6 Å². The number of hydrogen-bond donors (Lipinski definition) is 1. The SMILES string of the molecule is COc1ccccc1OCCOc1ccc([N+](=O)[O-])cc1/C=C1/C(=N)N2N=C(C(C)C)SC2=NC1=O. The van der Waals surface area contributed by atoms with Crippen LogP contribution in [0.3, 0.4) is 0 Å². The number of carbonyl (C=O) groups excluding carboxylic acids is 1. The molecular formula is C24H23N5O6S. The van der Waals surface area contributed by atoms with Gasteiger partial charge in [-0.15, -0.1) is 0 Å². The summed E-state index contributed by atoms with van der Waals surface area (Å²) in [6.45, 7) is 4.20. The molecule has 4 rings (SSSR count). The van der Waals surface area contributed by atoms with Crippen LogP contribution in [-0.2, 0) is 4.79 Å². The summed E-state index contributed by atoms with van der Waals surface area (Å²) in [7, 11) is 1.54. The molecule has 1 N–H and O–H groups in total. The Kier molecular flexibility index (Phi) is 7.34. The summed E-state index contributed by atoms with van der Waals surface area (Å²) in [4.78, 5) is 27.6. The van der Waals surface area contributed by atoms with Crippen molar-refractivity contribution in [2.75, 3.05) is 20.3 Å². The Labute approximate surface area is 211 Å². The molecule has 0 aliphatic carbocycles. The van der Waals surface area contributed by atoms with Crippen LogP contribution in [0.15, 0.2) is 58.1 Å². The molecule has 0 radical (unpaired) electrons.